The number of thiophene rings is 1. The molecule has 0 unspecified atom stereocenters. The van der Waals surface area contributed by atoms with Crippen LogP contribution in [0.2, 0.25) is 0 Å². The van der Waals surface area contributed by atoms with Gasteiger partial charge in [0.15, 0.2) is 0 Å². The molecule has 2 atom stereocenters. The van der Waals surface area contributed by atoms with Crippen LogP contribution in [0.5, 0.6) is 0 Å². The molecule has 1 aromatic rings. The van der Waals surface area contributed by atoms with E-state index in [1.165, 1.54) is 4.88 Å². The Kier molecular flexibility index (Phi) is 6.45. The van der Waals surface area contributed by atoms with Gasteiger partial charge >= 0.3 is 0 Å². The van der Waals surface area contributed by atoms with Gasteiger partial charge < -0.3 is 14.8 Å². The number of morpholine rings is 1. The molecule has 23 heavy (non-hydrogen) atoms. The van der Waals surface area contributed by atoms with Gasteiger partial charge in [0, 0.05) is 37.5 Å². The second-order valence-electron chi connectivity index (χ2n) is 6.16. The van der Waals surface area contributed by atoms with Gasteiger partial charge in [-0.15, -0.1) is 11.3 Å². The molecule has 1 aromatic heterocycles. The summed E-state index contributed by atoms with van der Waals surface area (Å²) in [6.07, 6.45) is 3.91. The first-order valence-electron chi connectivity index (χ1n) is 8.56. The minimum Gasteiger partial charge on any atom is -0.379 e. The van der Waals surface area contributed by atoms with Crippen molar-refractivity contribution in [3.05, 3.63) is 22.4 Å². The van der Waals surface area contributed by atoms with Crippen molar-refractivity contribution in [1.29, 1.82) is 0 Å². The van der Waals surface area contributed by atoms with Crippen molar-refractivity contribution in [2.75, 3.05) is 39.5 Å². The second kappa shape index (κ2) is 8.78. The van der Waals surface area contributed by atoms with E-state index in [1.54, 1.807) is 11.3 Å². The number of hydrogen-bond donors (Lipinski definition) is 1. The van der Waals surface area contributed by atoms with Gasteiger partial charge in [-0.2, -0.15) is 0 Å². The van der Waals surface area contributed by atoms with E-state index in [1.807, 2.05) is 0 Å². The summed E-state index contributed by atoms with van der Waals surface area (Å²) >= 11 is 1.76. The van der Waals surface area contributed by atoms with Crippen LogP contribution in [-0.4, -0.2) is 56.4 Å². The van der Waals surface area contributed by atoms with Gasteiger partial charge in [-0.1, -0.05) is 6.07 Å². The van der Waals surface area contributed by atoms with E-state index >= 15 is 0 Å². The number of carbonyl (C=O) groups excluding carboxylic acids is 1. The summed E-state index contributed by atoms with van der Waals surface area (Å²) in [6, 6.07) is 4.49. The zero-order valence-electron chi connectivity index (χ0n) is 13.5. The quantitative estimate of drug-likeness (QED) is 0.828. The molecule has 6 heteroatoms. The first-order valence-corrected chi connectivity index (χ1v) is 9.44. The molecule has 0 radical (unpaired) electrons. The minimum atomic E-state index is 0.135. The van der Waals surface area contributed by atoms with Gasteiger partial charge in [0.25, 0.3) is 0 Å². The molecule has 2 saturated heterocycles. The Balaban J connectivity index is 1.48. The Bertz CT molecular complexity index is 468. The lowest BCUT2D eigenvalue weighted by Crippen LogP contribution is -2.43. The standard InChI is InChI=1S/C17H26N2O3S/c20-17(6-5-14-3-1-9-22-14)18-13-15(16-4-2-12-23-16)19-7-10-21-11-8-19/h2,4,12,14-15H,1,3,5-11,13H2,(H,18,20)/t14-,15-/m0/s1. The average Bonchev–Trinajstić information content (AvgIpc) is 3.28. The van der Waals surface area contributed by atoms with Crippen molar-refractivity contribution in [2.24, 2.45) is 0 Å². The Morgan fingerprint density at radius 2 is 2.26 bits per heavy atom. The van der Waals surface area contributed by atoms with Crippen LogP contribution < -0.4 is 5.32 Å². The normalized spacial score (nSPS) is 23.7. The van der Waals surface area contributed by atoms with Gasteiger partial charge in [-0.25, -0.2) is 0 Å². The largest absolute Gasteiger partial charge is 0.379 e. The molecule has 2 aliphatic rings. The monoisotopic (exact) mass is 338 g/mol. The van der Waals surface area contributed by atoms with E-state index in [0.717, 1.165) is 52.2 Å². The molecule has 3 rings (SSSR count). The number of rotatable bonds is 7. The van der Waals surface area contributed by atoms with Crippen LogP contribution in [0.4, 0.5) is 0 Å². The number of nitrogens with zero attached hydrogens (tertiary/aromatic N) is 1. The highest BCUT2D eigenvalue weighted by atomic mass is 32.1. The van der Waals surface area contributed by atoms with Crippen molar-refractivity contribution in [2.45, 2.75) is 37.8 Å². The number of nitrogens with one attached hydrogen (secondary N) is 1. The lowest BCUT2D eigenvalue weighted by atomic mass is 10.1. The van der Waals surface area contributed by atoms with E-state index in [4.69, 9.17) is 9.47 Å². The molecule has 0 spiro atoms. The van der Waals surface area contributed by atoms with Crippen molar-refractivity contribution in [1.82, 2.24) is 10.2 Å². The van der Waals surface area contributed by atoms with Crippen LogP contribution in [0.25, 0.3) is 0 Å². The van der Waals surface area contributed by atoms with Crippen LogP contribution in [-0.2, 0) is 14.3 Å². The summed E-state index contributed by atoms with van der Waals surface area (Å²) in [7, 11) is 0. The molecule has 0 aromatic carbocycles. The fourth-order valence-electron chi connectivity index (χ4n) is 3.24. The van der Waals surface area contributed by atoms with E-state index in [0.29, 0.717) is 13.0 Å². The lowest BCUT2D eigenvalue weighted by molar-refractivity contribution is -0.122. The molecule has 1 N–H and O–H groups in total. The zero-order valence-corrected chi connectivity index (χ0v) is 14.4. The van der Waals surface area contributed by atoms with Gasteiger partial charge in [0.1, 0.15) is 0 Å². The average molecular weight is 338 g/mol. The van der Waals surface area contributed by atoms with E-state index < -0.39 is 0 Å². The molecule has 2 fully saturated rings. The maximum Gasteiger partial charge on any atom is 0.220 e. The summed E-state index contributed by atoms with van der Waals surface area (Å²) in [5.74, 6) is 0.135. The highest BCUT2D eigenvalue weighted by Crippen LogP contribution is 2.25. The maximum absolute atomic E-state index is 12.2. The third-order valence-corrected chi connectivity index (χ3v) is 5.54. The zero-order chi connectivity index (χ0) is 15.9. The highest BCUT2D eigenvalue weighted by molar-refractivity contribution is 7.10. The van der Waals surface area contributed by atoms with Gasteiger partial charge in [-0.05, 0) is 30.7 Å². The Labute approximate surface area is 142 Å². The first kappa shape index (κ1) is 16.9. The van der Waals surface area contributed by atoms with Gasteiger partial charge in [0.05, 0.1) is 25.4 Å². The van der Waals surface area contributed by atoms with Crippen LogP contribution in [0.1, 0.15) is 36.6 Å². The van der Waals surface area contributed by atoms with Crippen LogP contribution in [0.15, 0.2) is 17.5 Å². The van der Waals surface area contributed by atoms with E-state index in [2.05, 4.69) is 27.7 Å². The number of amides is 1. The molecule has 3 heterocycles. The Morgan fingerprint density at radius 1 is 1.39 bits per heavy atom. The molecular weight excluding hydrogens is 312 g/mol. The molecule has 0 saturated carbocycles. The van der Waals surface area contributed by atoms with Crippen LogP contribution in [0, 0.1) is 0 Å². The fraction of sp³-hybridized carbons (Fsp3) is 0.706. The second-order valence-corrected chi connectivity index (χ2v) is 7.14. The fourth-order valence-corrected chi connectivity index (χ4v) is 4.10. The predicted octanol–water partition coefficient (Wildman–Crippen LogP) is 2.20. The van der Waals surface area contributed by atoms with E-state index in [9.17, 15) is 4.79 Å². The Hall–Kier alpha value is -0.950. The third-order valence-electron chi connectivity index (χ3n) is 4.57. The molecule has 5 nitrogen and oxygen atoms in total. The number of hydrogen-bond acceptors (Lipinski definition) is 5. The van der Waals surface area contributed by atoms with Crippen molar-refractivity contribution < 1.29 is 14.3 Å². The minimum absolute atomic E-state index is 0.135. The van der Waals surface area contributed by atoms with E-state index in [-0.39, 0.29) is 18.1 Å². The number of carbonyl (C=O) groups is 1. The summed E-state index contributed by atoms with van der Waals surface area (Å²) < 4.78 is 11.0. The first-order chi connectivity index (χ1) is 11.3. The SMILES string of the molecule is O=C(CC[C@@H]1CCCO1)NC[C@@H](c1cccs1)N1CCOCC1. The Morgan fingerprint density at radius 3 is 2.96 bits per heavy atom. The molecular formula is C17H26N2O3S. The molecule has 0 bridgehead atoms. The smallest absolute Gasteiger partial charge is 0.220 e. The summed E-state index contributed by atoms with van der Waals surface area (Å²) in [5.41, 5.74) is 0. The van der Waals surface area contributed by atoms with Crippen LogP contribution in [0.3, 0.4) is 0 Å². The highest BCUT2D eigenvalue weighted by Gasteiger charge is 2.24. The van der Waals surface area contributed by atoms with Crippen molar-refractivity contribution in [3.63, 3.8) is 0 Å². The molecule has 2 aliphatic heterocycles. The van der Waals surface area contributed by atoms with Crippen LogP contribution >= 0.6 is 11.3 Å². The summed E-state index contributed by atoms with van der Waals surface area (Å²) in [6.45, 7) is 4.92. The topological polar surface area (TPSA) is 50.8 Å². The predicted molar refractivity (Wildman–Crippen MR) is 90.7 cm³/mol. The third kappa shape index (κ3) is 5.01. The number of ether oxygens (including phenoxy) is 2. The molecule has 128 valence electrons. The molecule has 1 amide bonds. The summed E-state index contributed by atoms with van der Waals surface area (Å²) in [4.78, 5) is 15.9. The maximum atomic E-state index is 12.2. The van der Waals surface area contributed by atoms with Gasteiger partial charge in [-0.3, -0.25) is 9.69 Å². The van der Waals surface area contributed by atoms with Gasteiger partial charge in [0.2, 0.25) is 5.91 Å². The summed E-state index contributed by atoms with van der Waals surface area (Å²) in [5, 5.41) is 5.22. The lowest BCUT2D eigenvalue weighted by Gasteiger charge is -2.34. The van der Waals surface area contributed by atoms with Crippen molar-refractivity contribution >= 4 is 17.2 Å². The molecule has 0 aliphatic carbocycles. The van der Waals surface area contributed by atoms with Crippen molar-refractivity contribution in [3.8, 4) is 0 Å².